The zero-order valence-electron chi connectivity index (χ0n) is 13.7. The first-order valence-corrected chi connectivity index (χ1v) is 9.06. The number of rotatable bonds is 3. The predicted molar refractivity (Wildman–Crippen MR) is 97.8 cm³/mol. The molecule has 1 aromatic rings. The molecule has 0 aliphatic heterocycles. The first kappa shape index (κ1) is 18.4. The standard InChI is InChI=1S/C20H28F2.CH4.2H2/c1-14-2-4-15(5-3-14)12-16-6-8-17(9-7-16)18-10-11-19(21)20(22)13-18;;;/h10-11,13-17H,2-9,12H2,1H3;1H4;2*1H. The lowest BCUT2D eigenvalue weighted by Gasteiger charge is -2.33. The van der Waals surface area contributed by atoms with Gasteiger partial charge in [-0.25, -0.2) is 8.78 Å². The van der Waals surface area contributed by atoms with E-state index < -0.39 is 11.6 Å². The van der Waals surface area contributed by atoms with Gasteiger partial charge in [0.1, 0.15) is 0 Å². The van der Waals surface area contributed by atoms with Gasteiger partial charge in [0, 0.05) is 2.85 Å². The molecule has 0 amide bonds. The molecule has 3 rings (SSSR count). The molecule has 2 saturated carbocycles. The molecule has 0 unspecified atom stereocenters. The van der Waals surface area contributed by atoms with Crippen LogP contribution in [0.5, 0.6) is 0 Å². The summed E-state index contributed by atoms with van der Waals surface area (Å²) in [7, 11) is 0. The van der Waals surface area contributed by atoms with Crippen molar-refractivity contribution in [2.24, 2.45) is 17.8 Å². The molecule has 0 saturated heterocycles. The van der Waals surface area contributed by atoms with Crippen LogP contribution in [0.25, 0.3) is 0 Å². The number of hydrogen-bond acceptors (Lipinski definition) is 0. The summed E-state index contributed by atoms with van der Waals surface area (Å²) < 4.78 is 26.4. The van der Waals surface area contributed by atoms with Crippen LogP contribution in [-0.4, -0.2) is 0 Å². The Morgan fingerprint density at radius 1 is 0.870 bits per heavy atom. The third kappa shape index (κ3) is 4.78. The van der Waals surface area contributed by atoms with Crippen LogP contribution >= 0.6 is 0 Å². The lowest BCUT2D eigenvalue weighted by molar-refractivity contribution is 0.211. The van der Waals surface area contributed by atoms with E-state index in [4.69, 9.17) is 0 Å². The van der Waals surface area contributed by atoms with Gasteiger partial charge in [-0.3, -0.25) is 0 Å². The van der Waals surface area contributed by atoms with Gasteiger partial charge in [-0.2, -0.15) is 0 Å². The minimum atomic E-state index is -0.732. The fourth-order valence-corrected chi connectivity index (χ4v) is 4.53. The Morgan fingerprint density at radius 2 is 1.43 bits per heavy atom. The van der Waals surface area contributed by atoms with Crippen molar-refractivity contribution in [1.29, 1.82) is 0 Å². The SMILES string of the molecule is C.CC1CCC(CC2CCC(c3ccc(F)c(F)c3)CC2)CC1.[HH].[HH]. The fourth-order valence-electron chi connectivity index (χ4n) is 4.53. The molecule has 0 atom stereocenters. The summed E-state index contributed by atoms with van der Waals surface area (Å²) in [5.74, 6) is 1.74. The first-order valence-electron chi connectivity index (χ1n) is 9.06. The van der Waals surface area contributed by atoms with Gasteiger partial charge < -0.3 is 0 Å². The van der Waals surface area contributed by atoms with Crippen LogP contribution in [0.1, 0.15) is 86.5 Å². The highest BCUT2D eigenvalue weighted by Crippen LogP contribution is 2.41. The molecular weight excluding hydrogens is 290 g/mol. The summed E-state index contributed by atoms with van der Waals surface area (Å²) in [5, 5.41) is 0. The van der Waals surface area contributed by atoms with E-state index in [-0.39, 0.29) is 10.3 Å². The molecule has 0 spiro atoms. The normalized spacial score (nSPS) is 31.4. The van der Waals surface area contributed by atoms with Crippen molar-refractivity contribution in [1.82, 2.24) is 0 Å². The van der Waals surface area contributed by atoms with Crippen LogP contribution in [0.4, 0.5) is 8.78 Å². The minimum absolute atomic E-state index is 0. The first-order chi connectivity index (χ1) is 10.6. The number of halogens is 2. The Bertz CT molecular complexity index is 491. The Kier molecular flexibility index (Phi) is 6.61. The average Bonchev–Trinajstić information content (AvgIpc) is 2.53. The van der Waals surface area contributed by atoms with Crippen molar-refractivity contribution in [3.63, 3.8) is 0 Å². The molecule has 1 aromatic carbocycles. The molecule has 0 heterocycles. The molecule has 0 aromatic heterocycles. The molecule has 134 valence electrons. The van der Waals surface area contributed by atoms with Crippen molar-refractivity contribution in [2.75, 3.05) is 0 Å². The van der Waals surface area contributed by atoms with E-state index in [1.165, 1.54) is 57.1 Å². The van der Waals surface area contributed by atoms with Gasteiger partial charge in [-0.15, -0.1) is 0 Å². The van der Waals surface area contributed by atoms with Gasteiger partial charge in [0.15, 0.2) is 11.6 Å². The third-order valence-electron chi connectivity index (χ3n) is 6.06. The molecule has 2 aliphatic rings. The largest absolute Gasteiger partial charge is 0.204 e. The maximum absolute atomic E-state index is 13.4. The highest BCUT2D eigenvalue weighted by atomic mass is 19.2. The van der Waals surface area contributed by atoms with Crippen molar-refractivity contribution in [3.05, 3.63) is 35.4 Å². The summed E-state index contributed by atoms with van der Waals surface area (Å²) >= 11 is 0. The molecule has 0 bridgehead atoms. The van der Waals surface area contributed by atoms with E-state index in [9.17, 15) is 8.78 Å². The van der Waals surface area contributed by atoms with E-state index in [1.807, 2.05) is 0 Å². The van der Waals surface area contributed by atoms with Gasteiger partial charge in [-0.1, -0.05) is 46.1 Å². The van der Waals surface area contributed by atoms with E-state index >= 15 is 0 Å². The second kappa shape index (κ2) is 8.26. The molecule has 2 fully saturated rings. The van der Waals surface area contributed by atoms with Crippen molar-refractivity contribution < 1.29 is 11.6 Å². The molecule has 0 radical (unpaired) electrons. The topological polar surface area (TPSA) is 0 Å². The van der Waals surface area contributed by atoms with Crippen LogP contribution in [0.2, 0.25) is 0 Å². The van der Waals surface area contributed by atoms with Gasteiger partial charge in [-0.05, 0) is 73.5 Å². The minimum Gasteiger partial charge on any atom is -0.204 e. The Balaban J connectivity index is 0.00000192. The van der Waals surface area contributed by atoms with E-state index in [1.54, 1.807) is 6.07 Å². The Morgan fingerprint density at radius 3 is 2.00 bits per heavy atom. The zero-order chi connectivity index (χ0) is 15.5. The molecule has 2 aliphatic carbocycles. The van der Waals surface area contributed by atoms with Gasteiger partial charge >= 0.3 is 0 Å². The van der Waals surface area contributed by atoms with E-state index in [0.717, 1.165) is 36.2 Å². The third-order valence-corrected chi connectivity index (χ3v) is 6.06. The maximum atomic E-state index is 13.4. The maximum Gasteiger partial charge on any atom is 0.159 e. The fraction of sp³-hybridized carbons (Fsp3) is 0.714. The lowest BCUT2D eigenvalue weighted by atomic mass is 9.72. The van der Waals surface area contributed by atoms with Crippen molar-refractivity contribution in [3.8, 4) is 0 Å². The summed E-state index contributed by atoms with van der Waals surface area (Å²) in [6.07, 6.45) is 11.9. The van der Waals surface area contributed by atoms with E-state index in [2.05, 4.69) is 6.92 Å². The van der Waals surface area contributed by atoms with Crippen molar-refractivity contribution >= 4 is 0 Å². The summed E-state index contributed by atoms with van der Waals surface area (Å²) in [4.78, 5) is 0. The van der Waals surface area contributed by atoms with Crippen LogP contribution in [0.3, 0.4) is 0 Å². The molecule has 0 N–H and O–H groups in total. The lowest BCUT2D eigenvalue weighted by Crippen LogP contribution is -2.19. The van der Waals surface area contributed by atoms with Gasteiger partial charge in [0.2, 0.25) is 0 Å². The van der Waals surface area contributed by atoms with Crippen molar-refractivity contribution in [2.45, 2.75) is 78.1 Å². The van der Waals surface area contributed by atoms with Gasteiger partial charge in [0.05, 0.1) is 0 Å². The second-order valence-electron chi connectivity index (χ2n) is 7.75. The monoisotopic (exact) mass is 326 g/mol. The molecule has 0 nitrogen and oxygen atoms in total. The van der Waals surface area contributed by atoms with Crippen LogP contribution in [0, 0.1) is 29.4 Å². The summed E-state index contributed by atoms with van der Waals surface area (Å²) in [5.41, 5.74) is 0.990. The molecular formula is C21H36F2. The zero-order valence-corrected chi connectivity index (χ0v) is 13.7. The average molecular weight is 327 g/mol. The van der Waals surface area contributed by atoms with Gasteiger partial charge in [0.25, 0.3) is 0 Å². The highest BCUT2D eigenvalue weighted by molar-refractivity contribution is 5.22. The van der Waals surface area contributed by atoms with Crippen LogP contribution in [0.15, 0.2) is 18.2 Å². The number of hydrogen-bond donors (Lipinski definition) is 0. The van der Waals surface area contributed by atoms with Crippen LogP contribution in [-0.2, 0) is 0 Å². The Hall–Kier alpha value is -0.920. The predicted octanol–water partition coefficient (Wildman–Crippen LogP) is 7.58. The van der Waals surface area contributed by atoms with Crippen LogP contribution < -0.4 is 0 Å². The quantitative estimate of drug-likeness (QED) is 0.537. The smallest absolute Gasteiger partial charge is 0.159 e. The summed E-state index contributed by atoms with van der Waals surface area (Å²) in [6.45, 7) is 2.38. The molecule has 23 heavy (non-hydrogen) atoms. The van der Waals surface area contributed by atoms with E-state index in [0.29, 0.717) is 5.92 Å². The summed E-state index contributed by atoms with van der Waals surface area (Å²) in [6, 6.07) is 4.45. The Labute approximate surface area is 143 Å². The number of benzene rings is 1. The second-order valence-corrected chi connectivity index (χ2v) is 7.75. The molecule has 2 heteroatoms. The highest BCUT2D eigenvalue weighted by Gasteiger charge is 2.26.